The molecule has 0 amide bonds. The van der Waals surface area contributed by atoms with E-state index >= 15 is 0 Å². The van der Waals surface area contributed by atoms with E-state index in [2.05, 4.69) is 203 Å². The van der Waals surface area contributed by atoms with Crippen LogP contribution in [-0.4, -0.2) is 9.13 Å². The Balaban J connectivity index is 1.38. The second-order valence-electron chi connectivity index (χ2n) is 14.4. The van der Waals surface area contributed by atoms with Gasteiger partial charge in [0.05, 0.1) is 22.1 Å². The number of benzene rings is 10. The highest BCUT2D eigenvalue weighted by atomic mass is 15.0. The third kappa shape index (κ3) is 4.00. The molecule has 0 N–H and O–H groups in total. The molecule has 10 aromatic carbocycles. The normalized spacial score (nSPS) is 12.1. The van der Waals surface area contributed by atoms with Crippen molar-refractivity contribution in [2.45, 2.75) is 0 Å². The van der Waals surface area contributed by atoms with Crippen LogP contribution in [0, 0.1) is 0 Å². The quantitative estimate of drug-likeness (QED) is 0.164. The van der Waals surface area contributed by atoms with E-state index in [-0.39, 0.29) is 0 Å². The van der Waals surface area contributed by atoms with Gasteiger partial charge >= 0.3 is 0 Å². The van der Waals surface area contributed by atoms with E-state index in [0.29, 0.717) is 0 Å². The van der Waals surface area contributed by atoms with Crippen molar-refractivity contribution < 1.29 is 0 Å². The summed E-state index contributed by atoms with van der Waals surface area (Å²) in [5.41, 5.74) is 9.55. The highest BCUT2D eigenvalue weighted by Crippen LogP contribution is 2.51. The summed E-state index contributed by atoms with van der Waals surface area (Å²) in [6, 6.07) is 71.4. The fourth-order valence-corrected chi connectivity index (χ4v) is 9.38. The zero-order valence-corrected chi connectivity index (χ0v) is 29.4. The third-order valence-corrected chi connectivity index (χ3v) is 11.6. The minimum absolute atomic E-state index is 1.14. The molecular formula is C52H32N2. The van der Waals surface area contributed by atoms with Crippen LogP contribution in [0.3, 0.4) is 0 Å². The summed E-state index contributed by atoms with van der Waals surface area (Å²) in [5, 5.41) is 15.3. The lowest BCUT2D eigenvalue weighted by molar-refractivity contribution is 1.15. The summed E-state index contributed by atoms with van der Waals surface area (Å²) in [6.45, 7) is 0. The predicted octanol–water partition coefficient (Wildman–Crippen LogP) is 14.2. The molecular weight excluding hydrogens is 653 g/mol. The lowest BCUT2D eigenvalue weighted by Gasteiger charge is -2.17. The number of para-hydroxylation sites is 2. The summed E-state index contributed by atoms with van der Waals surface area (Å²) >= 11 is 0. The molecule has 0 aliphatic rings. The van der Waals surface area contributed by atoms with Crippen molar-refractivity contribution in [1.82, 2.24) is 9.13 Å². The second-order valence-corrected chi connectivity index (χ2v) is 14.4. The molecule has 12 rings (SSSR count). The second kappa shape index (κ2) is 11.2. The lowest BCUT2D eigenvalue weighted by atomic mass is 9.89. The van der Waals surface area contributed by atoms with Crippen molar-refractivity contribution in [2.24, 2.45) is 0 Å². The Kier molecular flexibility index (Phi) is 6.09. The minimum Gasteiger partial charge on any atom is -0.307 e. The molecule has 2 aromatic heterocycles. The van der Waals surface area contributed by atoms with E-state index in [9.17, 15) is 0 Å². The molecule has 2 nitrogen and oxygen atoms in total. The molecule has 2 heterocycles. The smallest absolute Gasteiger partial charge is 0.0795 e. The zero-order chi connectivity index (χ0) is 35.3. The van der Waals surface area contributed by atoms with Crippen LogP contribution >= 0.6 is 0 Å². The Labute approximate surface area is 311 Å². The van der Waals surface area contributed by atoms with Gasteiger partial charge in [0.2, 0.25) is 0 Å². The number of rotatable bonds is 3. The first-order valence-corrected chi connectivity index (χ1v) is 18.7. The Morgan fingerprint density at radius 3 is 1.28 bits per heavy atom. The highest BCUT2D eigenvalue weighted by molar-refractivity contribution is 6.45. The molecule has 12 aromatic rings. The summed E-state index contributed by atoms with van der Waals surface area (Å²) in [4.78, 5) is 0. The SMILES string of the molecule is c1ccc(-c2ccc(-n3c4ccccc4c4c5c6ccccc6c6ccccc6c5c5c6ccccc6n(-c6ccc7ccccc7c6)c5c43)cc2)cc1. The molecule has 0 aliphatic carbocycles. The molecule has 2 heteroatoms. The van der Waals surface area contributed by atoms with Crippen molar-refractivity contribution in [3.8, 4) is 22.5 Å². The lowest BCUT2D eigenvalue weighted by Crippen LogP contribution is -1.99. The molecule has 0 spiro atoms. The average Bonchev–Trinajstić information content (AvgIpc) is 3.77. The maximum absolute atomic E-state index is 2.54. The molecule has 0 aliphatic heterocycles. The maximum atomic E-state index is 2.54. The van der Waals surface area contributed by atoms with E-state index in [1.165, 1.54) is 97.8 Å². The third-order valence-electron chi connectivity index (χ3n) is 11.6. The monoisotopic (exact) mass is 684 g/mol. The first kappa shape index (κ1) is 29.4. The van der Waals surface area contributed by atoms with Crippen LogP contribution in [0.2, 0.25) is 0 Å². The number of hydrogen-bond donors (Lipinski definition) is 0. The molecule has 0 saturated heterocycles. The fraction of sp³-hybridized carbons (Fsp3) is 0. The van der Waals surface area contributed by atoms with Crippen LogP contribution in [0.25, 0.3) is 109 Å². The van der Waals surface area contributed by atoms with E-state index < -0.39 is 0 Å². The van der Waals surface area contributed by atoms with Gasteiger partial charge in [-0.15, -0.1) is 0 Å². The summed E-state index contributed by atoms with van der Waals surface area (Å²) in [5.74, 6) is 0. The number of hydrogen-bond acceptors (Lipinski definition) is 0. The molecule has 0 saturated carbocycles. The molecule has 0 unspecified atom stereocenters. The topological polar surface area (TPSA) is 9.86 Å². The van der Waals surface area contributed by atoms with E-state index in [4.69, 9.17) is 0 Å². The van der Waals surface area contributed by atoms with Gasteiger partial charge in [0.1, 0.15) is 0 Å². The summed E-state index contributed by atoms with van der Waals surface area (Å²) in [7, 11) is 0. The largest absolute Gasteiger partial charge is 0.307 e. The molecule has 0 bridgehead atoms. The predicted molar refractivity (Wildman–Crippen MR) is 231 cm³/mol. The zero-order valence-electron chi connectivity index (χ0n) is 29.4. The molecule has 54 heavy (non-hydrogen) atoms. The molecule has 0 radical (unpaired) electrons. The van der Waals surface area contributed by atoms with Gasteiger partial charge in [-0.25, -0.2) is 0 Å². The van der Waals surface area contributed by atoms with Gasteiger partial charge < -0.3 is 9.13 Å². The van der Waals surface area contributed by atoms with Crippen LogP contribution in [0.1, 0.15) is 0 Å². The van der Waals surface area contributed by atoms with Crippen LogP contribution < -0.4 is 0 Å². The Morgan fingerprint density at radius 1 is 0.259 bits per heavy atom. The average molecular weight is 685 g/mol. The van der Waals surface area contributed by atoms with Crippen LogP contribution in [0.4, 0.5) is 0 Å². The molecule has 0 fully saturated rings. The van der Waals surface area contributed by atoms with Crippen molar-refractivity contribution in [3.05, 3.63) is 194 Å². The van der Waals surface area contributed by atoms with Crippen molar-refractivity contribution >= 4 is 86.7 Å². The summed E-state index contributed by atoms with van der Waals surface area (Å²) in [6.07, 6.45) is 0. The van der Waals surface area contributed by atoms with Crippen molar-refractivity contribution in [2.75, 3.05) is 0 Å². The van der Waals surface area contributed by atoms with Crippen LogP contribution in [0.15, 0.2) is 194 Å². The van der Waals surface area contributed by atoms with E-state index in [0.717, 1.165) is 11.4 Å². The van der Waals surface area contributed by atoms with Gasteiger partial charge in [-0.2, -0.15) is 0 Å². The first-order valence-electron chi connectivity index (χ1n) is 18.7. The Morgan fingerprint density at radius 2 is 0.685 bits per heavy atom. The van der Waals surface area contributed by atoms with Crippen LogP contribution in [0.5, 0.6) is 0 Å². The van der Waals surface area contributed by atoms with Gasteiger partial charge in [0, 0.05) is 43.7 Å². The number of fused-ring (bicyclic) bond motifs is 16. The van der Waals surface area contributed by atoms with Gasteiger partial charge in [0.15, 0.2) is 0 Å². The standard InChI is InChI=1S/C52H32N2/c1-2-14-33(15-3-1)35-26-29-37(30-27-35)53-45-24-12-10-22-43(45)49-47-41-20-8-6-18-39(41)40-19-7-9-21-42(40)48(47)50-44-23-11-13-25-46(44)54(52(50)51(49)53)38-31-28-34-16-4-5-17-36(34)32-38/h1-32H. The summed E-state index contributed by atoms with van der Waals surface area (Å²) < 4.78 is 5.07. The van der Waals surface area contributed by atoms with E-state index in [1.807, 2.05) is 0 Å². The van der Waals surface area contributed by atoms with Gasteiger partial charge in [-0.1, -0.05) is 158 Å². The molecule has 250 valence electrons. The van der Waals surface area contributed by atoms with Gasteiger partial charge in [-0.05, 0) is 79.8 Å². The number of nitrogens with zero attached hydrogens (tertiary/aromatic N) is 2. The highest BCUT2D eigenvalue weighted by Gasteiger charge is 2.27. The Hall–Kier alpha value is -7.16. The molecule has 0 atom stereocenters. The minimum atomic E-state index is 1.14. The fourth-order valence-electron chi connectivity index (χ4n) is 9.38. The van der Waals surface area contributed by atoms with Crippen LogP contribution in [-0.2, 0) is 0 Å². The van der Waals surface area contributed by atoms with Crippen molar-refractivity contribution in [3.63, 3.8) is 0 Å². The van der Waals surface area contributed by atoms with Gasteiger partial charge in [-0.3, -0.25) is 0 Å². The Bertz CT molecular complexity index is 3470. The van der Waals surface area contributed by atoms with Crippen molar-refractivity contribution in [1.29, 1.82) is 0 Å². The number of aromatic nitrogens is 2. The van der Waals surface area contributed by atoms with Gasteiger partial charge in [0.25, 0.3) is 0 Å². The van der Waals surface area contributed by atoms with E-state index in [1.54, 1.807) is 0 Å². The first-order chi connectivity index (χ1) is 26.8. The maximum Gasteiger partial charge on any atom is 0.0795 e.